The molecule has 0 amide bonds. The van der Waals surface area contributed by atoms with E-state index >= 15 is 0 Å². The summed E-state index contributed by atoms with van der Waals surface area (Å²) in [7, 11) is 0. The maximum atomic E-state index is 11.3. The number of aryl methyl sites for hydroxylation is 1. The number of nitrogens with zero attached hydrogens (tertiary/aromatic N) is 1. The third-order valence-corrected chi connectivity index (χ3v) is 1.95. The lowest BCUT2D eigenvalue weighted by Crippen LogP contribution is -2.12. The van der Waals surface area contributed by atoms with Crippen molar-refractivity contribution >= 4 is 17.7 Å². The monoisotopic (exact) mass is 181 g/mol. The molecule has 0 unspecified atom stereocenters. The molecule has 0 saturated heterocycles. The molecular weight excluding hydrogens is 174 g/mol. The van der Waals surface area contributed by atoms with Gasteiger partial charge in [0.2, 0.25) is 0 Å². The Labute approximate surface area is 72.8 Å². The van der Waals surface area contributed by atoms with Crippen LogP contribution in [0.3, 0.4) is 0 Å². The van der Waals surface area contributed by atoms with Crippen LogP contribution in [0.5, 0.6) is 0 Å². The fourth-order valence-corrected chi connectivity index (χ4v) is 1.40. The van der Waals surface area contributed by atoms with Gasteiger partial charge < -0.3 is 0 Å². The molecule has 0 spiro atoms. The van der Waals surface area contributed by atoms with Crippen LogP contribution >= 0.6 is 12.2 Å². The second kappa shape index (κ2) is 2.31. The molecule has 0 aromatic carbocycles. The second-order valence-corrected chi connectivity index (χ2v) is 3.02. The van der Waals surface area contributed by atoms with E-state index in [9.17, 15) is 4.79 Å². The van der Waals surface area contributed by atoms with Crippen LogP contribution in [0.15, 0.2) is 17.1 Å². The first-order valence-corrected chi connectivity index (χ1v) is 3.89. The molecule has 2 N–H and O–H groups in total. The summed E-state index contributed by atoms with van der Waals surface area (Å²) in [5, 5.41) is 2.83. The van der Waals surface area contributed by atoms with Crippen molar-refractivity contribution in [1.29, 1.82) is 0 Å². The van der Waals surface area contributed by atoms with Crippen LogP contribution in [-0.4, -0.2) is 14.6 Å². The molecule has 0 fully saturated rings. The SMILES string of the molecule is Cc1ccn2[nH]c(=S)[nH]c(=O)c12. The van der Waals surface area contributed by atoms with Crippen molar-refractivity contribution in [2.24, 2.45) is 0 Å². The molecule has 0 atom stereocenters. The van der Waals surface area contributed by atoms with Gasteiger partial charge in [-0.1, -0.05) is 0 Å². The summed E-state index contributed by atoms with van der Waals surface area (Å²) in [6.45, 7) is 1.88. The zero-order chi connectivity index (χ0) is 8.72. The zero-order valence-corrected chi connectivity index (χ0v) is 7.23. The van der Waals surface area contributed by atoms with Crippen molar-refractivity contribution in [3.05, 3.63) is 33.0 Å². The van der Waals surface area contributed by atoms with E-state index in [4.69, 9.17) is 12.2 Å². The summed E-state index contributed by atoms with van der Waals surface area (Å²) in [5.41, 5.74) is 1.40. The van der Waals surface area contributed by atoms with Crippen molar-refractivity contribution < 1.29 is 0 Å². The fourth-order valence-electron chi connectivity index (χ4n) is 1.21. The number of nitrogens with one attached hydrogen (secondary N) is 2. The molecule has 4 nitrogen and oxygen atoms in total. The summed E-state index contributed by atoms with van der Waals surface area (Å²) in [4.78, 5) is 13.8. The smallest absolute Gasteiger partial charge is 0.276 e. The first-order valence-electron chi connectivity index (χ1n) is 3.49. The highest BCUT2D eigenvalue weighted by molar-refractivity contribution is 7.71. The Bertz CT molecular complexity index is 533. The standard InChI is InChI=1S/C7H7N3OS/c1-4-2-3-10-5(4)6(11)8-7(12)9-10/h2-3H,1H3,(H2,8,9,11,12). The van der Waals surface area contributed by atoms with Crippen molar-refractivity contribution in [2.75, 3.05) is 0 Å². The first-order chi connectivity index (χ1) is 5.68. The number of fused-ring (bicyclic) bond motifs is 1. The Kier molecular flexibility index (Phi) is 1.41. The first kappa shape index (κ1) is 7.30. The van der Waals surface area contributed by atoms with E-state index < -0.39 is 0 Å². The molecule has 2 rings (SSSR count). The molecular formula is C7H7N3OS. The lowest BCUT2D eigenvalue weighted by Gasteiger charge is -1.93. The molecule has 2 aromatic heterocycles. The fraction of sp³-hybridized carbons (Fsp3) is 0.143. The normalized spacial score (nSPS) is 10.8. The van der Waals surface area contributed by atoms with Gasteiger partial charge >= 0.3 is 0 Å². The summed E-state index contributed by atoms with van der Waals surface area (Å²) >= 11 is 4.80. The van der Waals surface area contributed by atoms with Gasteiger partial charge in [-0.2, -0.15) is 0 Å². The van der Waals surface area contributed by atoms with Gasteiger partial charge in [0, 0.05) is 6.20 Å². The Morgan fingerprint density at radius 2 is 2.33 bits per heavy atom. The Morgan fingerprint density at radius 3 is 3.08 bits per heavy atom. The van der Waals surface area contributed by atoms with Gasteiger partial charge in [0.25, 0.3) is 5.56 Å². The number of aromatic amines is 2. The van der Waals surface area contributed by atoms with E-state index in [0.29, 0.717) is 10.3 Å². The van der Waals surface area contributed by atoms with E-state index in [-0.39, 0.29) is 5.56 Å². The zero-order valence-electron chi connectivity index (χ0n) is 6.42. The van der Waals surface area contributed by atoms with Crippen LogP contribution in [0.25, 0.3) is 5.52 Å². The van der Waals surface area contributed by atoms with Gasteiger partial charge in [-0.05, 0) is 30.8 Å². The lowest BCUT2D eigenvalue weighted by atomic mass is 10.3. The Balaban J connectivity index is 3.13. The number of hydrogen-bond donors (Lipinski definition) is 2. The highest BCUT2D eigenvalue weighted by Gasteiger charge is 2.01. The van der Waals surface area contributed by atoms with Crippen LogP contribution in [0.4, 0.5) is 0 Å². The largest absolute Gasteiger partial charge is 0.296 e. The van der Waals surface area contributed by atoms with E-state index in [1.165, 1.54) is 0 Å². The van der Waals surface area contributed by atoms with Crippen LogP contribution in [0, 0.1) is 11.7 Å². The maximum Gasteiger partial charge on any atom is 0.276 e. The molecule has 2 aromatic rings. The molecule has 5 heteroatoms. The molecule has 0 aliphatic rings. The third kappa shape index (κ3) is 0.902. The van der Waals surface area contributed by atoms with Gasteiger partial charge in [0.05, 0.1) is 0 Å². The van der Waals surface area contributed by atoms with Crippen LogP contribution in [0.2, 0.25) is 0 Å². The van der Waals surface area contributed by atoms with Crippen LogP contribution in [0.1, 0.15) is 5.56 Å². The molecule has 0 bridgehead atoms. The van der Waals surface area contributed by atoms with E-state index in [1.54, 1.807) is 10.7 Å². The quantitative estimate of drug-likeness (QED) is 0.595. The number of rotatable bonds is 0. The van der Waals surface area contributed by atoms with Crippen molar-refractivity contribution in [3.63, 3.8) is 0 Å². The average molecular weight is 181 g/mol. The molecule has 2 heterocycles. The highest BCUT2D eigenvalue weighted by Crippen LogP contribution is 2.02. The van der Waals surface area contributed by atoms with Crippen LogP contribution < -0.4 is 5.56 Å². The predicted molar refractivity (Wildman–Crippen MR) is 47.9 cm³/mol. The Morgan fingerprint density at radius 1 is 1.58 bits per heavy atom. The second-order valence-electron chi connectivity index (χ2n) is 2.61. The molecule has 0 aliphatic heterocycles. The van der Waals surface area contributed by atoms with Crippen LogP contribution in [-0.2, 0) is 0 Å². The maximum absolute atomic E-state index is 11.3. The minimum Gasteiger partial charge on any atom is -0.296 e. The molecule has 62 valence electrons. The molecule has 0 saturated carbocycles. The molecule has 0 radical (unpaired) electrons. The van der Waals surface area contributed by atoms with E-state index in [2.05, 4.69) is 10.1 Å². The predicted octanol–water partition coefficient (Wildman–Crippen LogP) is 0.994. The van der Waals surface area contributed by atoms with Gasteiger partial charge in [0.15, 0.2) is 4.77 Å². The number of H-pyrrole nitrogens is 2. The van der Waals surface area contributed by atoms with E-state index in [0.717, 1.165) is 5.56 Å². The number of aromatic nitrogens is 3. The minimum absolute atomic E-state index is 0.152. The van der Waals surface area contributed by atoms with Crippen molar-refractivity contribution in [1.82, 2.24) is 14.6 Å². The molecule has 12 heavy (non-hydrogen) atoms. The Hall–Kier alpha value is -1.36. The van der Waals surface area contributed by atoms with Gasteiger partial charge in [-0.3, -0.25) is 19.4 Å². The number of hydrogen-bond acceptors (Lipinski definition) is 2. The van der Waals surface area contributed by atoms with Crippen molar-refractivity contribution in [2.45, 2.75) is 6.92 Å². The summed E-state index contributed by atoms with van der Waals surface area (Å²) in [6, 6.07) is 1.86. The third-order valence-electron chi connectivity index (χ3n) is 1.75. The van der Waals surface area contributed by atoms with E-state index in [1.807, 2.05) is 13.0 Å². The van der Waals surface area contributed by atoms with Gasteiger partial charge in [0.1, 0.15) is 5.52 Å². The van der Waals surface area contributed by atoms with Crippen molar-refractivity contribution in [3.8, 4) is 0 Å². The topological polar surface area (TPSA) is 53.1 Å². The average Bonchev–Trinajstić information content (AvgIpc) is 2.31. The van der Waals surface area contributed by atoms with Gasteiger partial charge in [-0.25, -0.2) is 0 Å². The molecule has 0 aliphatic carbocycles. The summed E-state index contributed by atoms with van der Waals surface area (Å²) < 4.78 is 1.96. The summed E-state index contributed by atoms with van der Waals surface area (Å²) in [5.74, 6) is 0. The summed E-state index contributed by atoms with van der Waals surface area (Å²) in [6.07, 6.45) is 1.77. The lowest BCUT2D eigenvalue weighted by molar-refractivity contribution is 0.871. The highest BCUT2D eigenvalue weighted by atomic mass is 32.1. The van der Waals surface area contributed by atoms with Gasteiger partial charge in [-0.15, -0.1) is 0 Å². The minimum atomic E-state index is -0.152.